The first kappa shape index (κ1) is 15.0. The predicted molar refractivity (Wildman–Crippen MR) is 87.1 cm³/mol. The summed E-state index contributed by atoms with van der Waals surface area (Å²) in [5, 5.41) is 13.5. The van der Waals surface area contributed by atoms with Gasteiger partial charge in [-0.2, -0.15) is 0 Å². The van der Waals surface area contributed by atoms with Crippen LogP contribution in [0.1, 0.15) is 18.1 Å². The molecule has 1 aromatic heterocycles. The van der Waals surface area contributed by atoms with E-state index in [4.69, 9.17) is 4.42 Å². The summed E-state index contributed by atoms with van der Waals surface area (Å²) < 4.78 is 5.04. The average Bonchev–Trinajstić information content (AvgIpc) is 2.55. The number of hydrogen-bond acceptors (Lipinski definition) is 4. The summed E-state index contributed by atoms with van der Waals surface area (Å²) in [6.07, 6.45) is -0.888. The predicted octanol–water partition coefficient (Wildman–Crippen LogP) is 2.86. The quantitative estimate of drug-likeness (QED) is 0.726. The van der Waals surface area contributed by atoms with E-state index in [-0.39, 0.29) is 12.3 Å². The third-order valence-corrected chi connectivity index (χ3v) is 3.47. The van der Waals surface area contributed by atoms with Crippen LogP contribution in [0.3, 0.4) is 0 Å². The van der Waals surface area contributed by atoms with Crippen molar-refractivity contribution in [1.82, 2.24) is 0 Å². The van der Waals surface area contributed by atoms with Crippen molar-refractivity contribution in [3.63, 3.8) is 0 Å². The molecule has 0 fully saturated rings. The van der Waals surface area contributed by atoms with Gasteiger partial charge >= 0.3 is 5.63 Å². The number of carbonyl (C=O) groups excluding carboxylic acids is 1. The van der Waals surface area contributed by atoms with Crippen LogP contribution in [-0.4, -0.2) is 11.0 Å². The topological polar surface area (TPSA) is 79.5 Å². The Morgan fingerprint density at radius 1 is 1.09 bits per heavy atom. The second kappa shape index (κ2) is 6.46. The minimum atomic E-state index is -0.852. The molecular formula is C18H15NO4. The van der Waals surface area contributed by atoms with Gasteiger partial charge in [0, 0.05) is 17.1 Å². The summed E-state index contributed by atoms with van der Waals surface area (Å²) in [6.45, 7) is 0. The minimum Gasteiger partial charge on any atom is -0.423 e. The highest BCUT2D eigenvalue weighted by molar-refractivity contribution is 5.93. The Morgan fingerprint density at radius 2 is 1.87 bits per heavy atom. The zero-order valence-electron chi connectivity index (χ0n) is 12.2. The molecule has 1 unspecified atom stereocenters. The van der Waals surface area contributed by atoms with Crippen molar-refractivity contribution in [1.29, 1.82) is 0 Å². The standard InChI is InChI=1S/C18H15NO4/c20-15(12-4-2-1-3-5-12)11-17(21)19-14-7-8-16-13(10-14)6-9-18(22)23-16/h1-10,15,20H,11H2,(H,19,21). The highest BCUT2D eigenvalue weighted by atomic mass is 16.4. The maximum Gasteiger partial charge on any atom is 0.336 e. The van der Waals surface area contributed by atoms with Crippen LogP contribution in [0, 0.1) is 0 Å². The summed E-state index contributed by atoms with van der Waals surface area (Å²) in [5.41, 5.74) is 1.32. The molecule has 0 radical (unpaired) electrons. The number of rotatable bonds is 4. The van der Waals surface area contributed by atoms with Gasteiger partial charge in [0.15, 0.2) is 0 Å². The zero-order valence-corrected chi connectivity index (χ0v) is 12.2. The first-order valence-corrected chi connectivity index (χ1v) is 7.18. The number of carbonyl (C=O) groups is 1. The Morgan fingerprint density at radius 3 is 2.65 bits per heavy atom. The van der Waals surface area contributed by atoms with Crippen LogP contribution in [-0.2, 0) is 4.79 Å². The number of nitrogens with one attached hydrogen (secondary N) is 1. The molecule has 1 heterocycles. The molecule has 3 rings (SSSR count). The van der Waals surface area contributed by atoms with E-state index in [9.17, 15) is 14.7 Å². The van der Waals surface area contributed by atoms with Crippen LogP contribution in [0.15, 0.2) is 69.9 Å². The van der Waals surface area contributed by atoms with Crippen LogP contribution in [0.2, 0.25) is 0 Å². The van der Waals surface area contributed by atoms with E-state index < -0.39 is 11.7 Å². The molecule has 116 valence electrons. The van der Waals surface area contributed by atoms with Gasteiger partial charge in [-0.05, 0) is 29.8 Å². The average molecular weight is 309 g/mol. The molecule has 0 aliphatic heterocycles. The van der Waals surface area contributed by atoms with Crippen molar-refractivity contribution >= 4 is 22.6 Å². The summed E-state index contributed by atoms with van der Waals surface area (Å²) in [5.74, 6) is -0.293. The normalized spacial score (nSPS) is 12.0. The molecule has 0 aliphatic carbocycles. The molecule has 1 atom stereocenters. The van der Waals surface area contributed by atoms with Gasteiger partial charge in [0.1, 0.15) is 5.58 Å². The fourth-order valence-corrected chi connectivity index (χ4v) is 2.33. The molecule has 2 aromatic carbocycles. The van der Waals surface area contributed by atoms with Gasteiger partial charge in [-0.15, -0.1) is 0 Å². The lowest BCUT2D eigenvalue weighted by molar-refractivity contribution is -0.118. The Bertz CT molecular complexity index is 886. The van der Waals surface area contributed by atoms with Crippen LogP contribution >= 0.6 is 0 Å². The minimum absolute atomic E-state index is 0.0358. The molecule has 2 N–H and O–H groups in total. The number of aliphatic hydroxyl groups excluding tert-OH is 1. The van der Waals surface area contributed by atoms with E-state index in [1.165, 1.54) is 6.07 Å². The van der Waals surface area contributed by atoms with E-state index >= 15 is 0 Å². The number of benzene rings is 2. The molecular weight excluding hydrogens is 294 g/mol. The van der Waals surface area contributed by atoms with Gasteiger partial charge in [0.25, 0.3) is 0 Å². The number of hydrogen-bond donors (Lipinski definition) is 2. The Balaban J connectivity index is 1.70. The molecule has 0 bridgehead atoms. The van der Waals surface area contributed by atoms with Crippen LogP contribution < -0.4 is 10.9 Å². The number of aliphatic hydroxyl groups is 1. The van der Waals surface area contributed by atoms with Crippen molar-refractivity contribution in [2.45, 2.75) is 12.5 Å². The Kier molecular flexibility index (Phi) is 4.21. The summed E-state index contributed by atoms with van der Waals surface area (Å²) in [7, 11) is 0. The molecule has 5 heteroatoms. The smallest absolute Gasteiger partial charge is 0.336 e. The van der Waals surface area contributed by atoms with Gasteiger partial charge in [0.2, 0.25) is 5.91 Å². The van der Waals surface area contributed by atoms with Gasteiger partial charge < -0.3 is 14.8 Å². The summed E-state index contributed by atoms with van der Waals surface area (Å²) in [4.78, 5) is 23.2. The highest BCUT2D eigenvalue weighted by Gasteiger charge is 2.13. The van der Waals surface area contributed by atoms with Gasteiger partial charge in [-0.1, -0.05) is 30.3 Å². The van der Waals surface area contributed by atoms with E-state index in [0.717, 1.165) is 0 Å². The lowest BCUT2D eigenvalue weighted by atomic mass is 10.1. The Hall–Kier alpha value is -2.92. The third-order valence-electron chi connectivity index (χ3n) is 3.47. The number of amides is 1. The maximum atomic E-state index is 12.0. The summed E-state index contributed by atoms with van der Waals surface area (Å²) >= 11 is 0. The van der Waals surface area contributed by atoms with Crippen molar-refractivity contribution in [2.75, 3.05) is 5.32 Å². The van der Waals surface area contributed by atoms with E-state index in [2.05, 4.69) is 5.32 Å². The highest BCUT2D eigenvalue weighted by Crippen LogP contribution is 2.20. The second-order valence-electron chi connectivity index (χ2n) is 5.19. The van der Waals surface area contributed by atoms with E-state index in [1.54, 1.807) is 36.4 Å². The lowest BCUT2D eigenvalue weighted by Crippen LogP contribution is -2.15. The maximum absolute atomic E-state index is 12.0. The largest absolute Gasteiger partial charge is 0.423 e. The zero-order chi connectivity index (χ0) is 16.2. The fraction of sp³-hybridized carbons (Fsp3) is 0.111. The monoisotopic (exact) mass is 309 g/mol. The number of fused-ring (bicyclic) bond motifs is 1. The molecule has 5 nitrogen and oxygen atoms in total. The van der Waals surface area contributed by atoms with Crippen LogP contribution in [0.4, 0.5) is 5.69 Å². The molecule has 0 saturated carbocycles. The van der Waals surface area contributed by atoms with Crippen molar-refractivity contribution in [3.05, 3.63) is 76.6 Å². The summed E-state index contributed by atoms with van der Waals surface area (Å²) in [6, 6.07) is 17.0. The SMILES string of the molecule is O=C(CC(O)c1ccccc1)Nc1ccc2oc(=O)ccc2c1. The van der Waals surface area contributed by atoms with Crippen molar-refractivity contribution < 1.29 is 14.3 Å². The van der Waals surface area contributed by atoms with Crippen LogP contribution in [0.5, 0.6) is 0 Å². The van der Waals surface area contributed by atoms with E-state index in [1.807, 2.05) is 18.2 Å². The molecule has 1 amide bonds. The Labute approximate surface area is 132 Å². The first-order valence-electron chi connectivity index (χ1n) is 7.18. The van der Waals surface area contributed by atoms with Gasteiger partial charge in [-0.25, -0.2) is 4.79 Å². The van der Waals surface area contributed by atoms with Gasteiger partial charge in [-0.3, -0.25) is 4.79 Å². The molecule has 3 aromatic rings. The molecule has 0 spiro atoms. The van der Waals surface area contributed by atoms with Gasteiger partial charge in [0.05, 0.1) is 12.5 Å². The van der Waals surface area contributed by atoms with Crippen molar-refractivity contribution in [2.24, 2.45) is 0 Å². The van der Waals surface area contributed by atoms with Crippen LogP contribution in [0.25, 0.3) is 11.0 Å². The third kappa shape index (κ3) is 3.64. The first-order chi connectivity index (χ1) is 11.1. The van der Waals surface area contributed by atoms with Crippen molar-refractivity contribution in [3.8, 4) is 0 Å². The molecule has 23 heavy (non-hydrogen) atoms. The van der Waals surface area contributed by atoms with E-state index in [0.29, 0.717) is 22.2 Å². The lowest BCUT2D eigenvalue weighted by Gasteiger charge is -2.11. The molecule has 0 saturated heterocycles. The number of anilines is 1. The molecule has 0 aliphatic rings. The fourth-order valence-electron chi connectivity index (χ4n) is 2.33. The second-order valence-corrected chi connectivity index (χ2v) is 5.19.